The molecule has 0 aliphatic rings. The number of aromatic nitrogens is 1. The van der Waals surface area contributed by atoms with E-state index in [1.165, 1.54) is 0 Å². The molecule has 2 atom stereocenters. The van der Waals surface area contributed by atoms with Gasteiger partial charge < -0.3 is 10.1 Å². The first kappa shape index (κ1) is 13.3. The molecule has 4 heteroatoms. The van der Waals surface area contributed by atoms with E-state index < -0.39 is 0 Å². The molecule has 0 fully saturated rings. The van der Waals surface area contributed by atoms with Crippen LogP contribution in [0.4, 0.5) is 0 Å². The highest BCUT2D eigenvalue weighted by Crippen LogP contribution is 2.08. The molecule has 0 bridgehead atoms. The van der Waals surface area contributed by atoms with Crippen molar-refractivity contribution in [2.24, 2.45) is 0 Å². The molecule has 0 saturated carbocycles. The Morgan fingerprint density at radius 1 is 1.44 bits per heavy atom. The summed E-state index contributed by atoms with van der Waals surface area (Å²) in [4.78, 5) is 4.32. The molecule has 16 heavy (non-hydrogen) atoms. The van der Waals surface area contributed by atoms with Crippen molar-refractivity contribution in [3.8, 4) is 5.88 Å². The molecule has 0 aliphatic heterocycles. The average molecular weight is 243 g/mol. The number of rotatable bonds is 6. The van der Waals surface area contributed by atoms with Crippen molar-refractivity contribution in [1.29, 1.82) is 0 Å². The maximum atomic E-state index is 5.93. The highest BCUT2D eigenvalue weighted by molar-refractivity contribution is 6.20. The standard InChI is InChI=1S/C12H19ClN2O/c1-9(13)7-10(2)14-8-11-5-4-6-12(15-11)16-3/h4-6,9-10,14H,7-8H2,1-3H3. The lowest BCUT2D eigenvalue weighted by molar-refractivity contribution is 0.394. The lowest BCUT2D eigenvalue weighted by Crippen LogP contribution is -2.27. The number of nitrogens with one attached hydrogen (secondary N) is 1. The van der Waals surface area contributed by atoms with Gasteiger partial charge in [-0.15, -0.1) is 11.6 Å². The van der Waals surface area contributed by atoms with E-state index >= 15 is 0 Å². The number of pyridine rings is 1. The van der Waals surface area contributed by atoms with Crippen molar-refractivity contribution in [3.63, 3.8) is 0 Å². The number of hydrogen-bond acceptors (Lipinski definition) is 3. The van der Waals surface area contributed by atoms with Gasteiger partial charge in [0.25, 0.3) is 0 Å². The first-order chi connectivity index (χ1) is 7.61. The third-order valence-corrected chi connectivity index (χ3v) is 2.48. The highest BCUT2D eigenvalue weighted by atomic mass is 35.5. The van der Waals surface area contributed by atoms with Gasteiger partial charge in [0.2, 0.25) is 5.88 Å². The van der Waals surface area contributed by atoms with Crippen molar-refractivity contribution < 1.29 is 4.74 Å². The second kappa shape index (κ2) is 6.71. The molecule has 2 unspecified atom stereocenters. The summed E-state index contributed by atoms with van der Waals surface area (Å²) in [7, 11) is 1.62. The third kappa shape index (κ3) is 4.81. The van der Waals surface area contributed by atoms with Gasteiger partial charge in [0.1, 0.15) is 0 Å². The molecular weight excluding hydrogens is 224 g/mol. The number of hydrogen-bond donors (Lipinski definition) is 1. The normalized spacial score (nSPS) is 14.5. The lowest BCUT2D eigenvalue weighted by Gasteiger charge is -2.14. The summed E-state index contributed by atoms with van der Waals surface area (Å²) in [6.07, 6.45) is 0.950. The third-order valence-electron chi connectivity index (χ3n) is 2.30. The van der Waals surface area contributed by atoms with Gasteiger partial charge in [-0.3, -0.25) is 0 Å². The largest absolute Gasteiger partial charge is 0.481 e. The molecule has 0 aliphatic carbocycles. The number of ether oxygens (including phenoxy) is 1. The predicted molar refractivity (Wildman–Crippen MR) is 67.0 cm³/mol. The molecule has 0 aromatic carbocycles. The smallest absolute Gasteiger partial charge is 0.213 e. The minimum Gasteiger partial charge on any atom is -0.481 e. The zero-order valence-electron chi connectivity index (χ0n) is 10.0. The van der Waals surface area contributed by atoms with Gasteiger partial charge in [-0.25, -0.2) is 4.98 Å². The van der Waals surface area contributed by atoms with Crippen molar-refractivity contribution in [1.82, 2.24) is 10.3 Å². The topological polar surface area (TPSA) is 34.1 Å². The summed E-state index contributed by atoms with van der Waals surface area (Å²) in [5, 5.41) is 3.57. The Balaban J connectivity index is 2.41. The molecule has 1 N–H and O–H groups in total. The van der Waals surface area contributed by atoms with E-state index in [0.29, 0.717) is 11.9 Å². The Morgan fingerprint density at radius 3 is 2.81 bits per heavy atom. The van der Waals surface area contributed by atoms with Crippen LogP contribution in [0.5, 0.6) is 5.88 Å². The number of alkyl halides is 1. The molecule has 1 aromatic heterocycles. The van der Waals surface area contributed by atoms with Crippen LogP contribution in [0.2, 0.25) is 0 Å². The van der Waals surface area contributed by atoms with Crippen LogP contribution in [0.15, 0.2) is 18.2 Å². The molecule has 0 amide bonds. The van der Waals surface area contributed by atoms with E-state index in [2.05, 4.69) is 17.2 Å². The van der Waals surface area contributed by atoms with Crippen molar-refractivity contribution in [2.75, 3.05) is 7.11 Å². The van der Waals surface area contributed by atoms with Crippen LogP contribution >= 0.6 is 11.6 Å². The van der Waals surface area contributed by atoms with Gasteiger partial charge in [0, 0.05) is 24.0 Å². The van der Waals surface area contributed by atoms with E-state index in [4.69, 9.17) is 16.3 Å². The van der Waals surface area contributed by atoms with Crippen LogP contribution in [-0.4, -0.2) is 23.5 Å². The first-order valence-corrected chi connectivity index (χ1v) is 5.93. The van der Waals surface area contributed by atoms with Crippen LogP contribution in [-0.2, 0) is 6.54 Å². The highest BCUT2D eigenvalue weighted by Gasteiger charge is 2.06. The molecule has 1 aromatic rings. The van der Waals surface area contributed by atoms with Crippen LogP contribution < -0.4 is 10.1 Å². The number of halogens is 1. The minimum absolute atomic E-state index is 0.195. The lowest BCUT2D eigenvalue weighted by atomic mass is 10.2. The fourth-order valence-electron chi connectivity index (χ4n) is 1.52. The Bertz CT molecular complexity index is 318. The Hall–Kier alpha value is -0.800. The Morgan fingerprint density at radius 2 is 2.19 bits per heavy atom. The quantitative estimate of drug-likeness (QED) is 0.779. The Kier molecular flexibility index (Phi) is 5.56. The van der Waals surface area contributed by atoms with Crippen LogP contribution in [0, 0.1) is 0 Å². The first-order valence-electron chi connectivity index (χ1n) is 5.49. The maximum Gasteiger partial charge on any atom is 0.213 e. The average Bonchev–Trinajstić information content (AvgIpc) is 2.26. The minimum atomic E-state index is 0.195. The summed E-state index contributed by atoms with van der Waals surface area (Å²) in [6.45, 7) is 4.87. The summed E-state index contributed by atoms with van der Waals surface area (Å²) in [5.41, 5.74) is 0.980. The second-order valence-electron chi connectivity index (χ2n) is 3.97. The van der Waals surface area contributed by atoms with Crippen LogP contribution in [0.1, 0.15) is 26.0 Å². The molecule has 0 spiro atoms. The second-order valence-corrected chi connectivity index (χ2v) is 4.71. The van der Waals surface area contributed by atoms with Crippen molar-refractivity contribution >= 4 is 11.6 Å². The Labute approximate surface area is 102 Å². The number of methoxy groups -OCH3 is 1. The maximum absolute atomic E-state index is 5.93. The van der Waals surface area contributed by atoms with Gasteiger partial charge in [-0.05, 0) is 26.3 Å². The summed E-state index contributed by atoms with van der Waals surface area (Å²) >= 11 is 5.93. The molecule has 0 saturated heterocycles. The van der Waals surface area contributed by atoms with E-state index in [0.717, 1.165) is 18.7 Å². The van der Waals surface area contributed by atoms with E-state index in [1.807, 2.05) is 25.1 Å². The summed E-state index contributed by atoms with van der Waals surface area (Å²) in [5.74, 6) is 0.651. The van der Waals surface area contributed by atoms with Crippen molar-refractivity contribution in [2.45, 2.75) is 38.2 Å². The molecule has 1 rings (SSSR count). The molecule has 90 valence electrons. The van der Waals surface area contributed by atoms with Gasteiger partial charge in [-0.1, -0.05) is 6.07 Å². The van der Waals surface area contributed by atoms with Gasteiger partial charge in [0.05, 0.1) is 12.8 Å². The van der Waals surface area contributed by atoms with E-state index in [1.54, 1.807) is 7.11 Å². The zero-order chi connectivity index (χ0) is 12.0. The number of nitrogens with zero attached hydrogens (tertiary/aromatic N) is 1. The molecular formula is C12H19ClN2O. The van der Waals surface area contributed by atoms with Crippen LogP contribution in [0.25, 0.3) is 0 Å². The van der Waals surface area contributed by atoms with Gasteiger partial charge in [-0.2, -0.15) is 0 Å². The summed E-state index contributed by atoms with van der Waals surface area (Å²) < 4.78 is 5.07. The fourth-order valence-corrected chi connectivity index (χ4v) is 1.79. The predicted octanol–water partition coefficient (Wildman–Crippen LogP) is 2.59. The molecule has 1 heterocycles. The van der Waals surface area contributed by atoms with Gasteiger partial charge in [0.15, 0.2) is 0 Å². The SMILES string of the molecule is COc1cccc(CNC(C)CC(C)Cl)n1. The summed E-state index contributed by atoms with van der Waals surface area (Å²) in [6, 6.07) is 6.15. The monoisotopic (exact) mass is 242 g/mol. The van der Waals surface area contributed by atoms with Crippen LogP contribution in [0.3, 0.4) is 0 Å². The van der Waals surface area contributed by atoms with Gasteiger partial charge >= 0.3 is 0 Å². The molecule has 3 nitrogen and oxygen atoms in total. The van der Waals surface area contributed by atoms with Crippen molar-refractivity contribution in [3.05, 3.63) is 23.9 Å². The fraction of sp³-hybridized carbons (Fsp3) is 0.583. The molecule has 0 radical (unpaired) electrons. The zero-order valence-corrected chi connectivity index (χ0v) is 10.8. The van der Waals surface area contributed by atoms with E-state index in [9.17, 15) is 0 Å². The van der Waals surface area contributed by atoms with E-state index in [-0.39, 0.29) is 5.38 Å².